The van der Waals surface area contributed by atoms with Crippen molar-refractivity contribution >= 4 is 35.3 Å². The van der Waals surface area contributed by atoms with E-state index in [-0.39, 0.29) is 28.7 Å². The summed E-state index contributed by atoms with van der Waals surface area (Å²) < 4.78 is 6.48. The number of carbonyl (C=O) groups excluding carboxylic acids is 1. The van der Waals surface area contributed by atoms with Gasteiger partial charge in [0.2, 0.25) is 5.88 Å². The second-order valence-electron chi connectivity index (χ2n) is 7.00. The minimum absolute atomic E-state index is 0.0586. The molecule has 1 aromatic carbocycles. The molecular formula is C21H24N4O4S. The number of hydrogen-bond donors (Lipinski definition) is 3. The van der Waals surface area contributed by atoms with Crippen LogP contribution in [0.5, 0.6) is 5.88 Å². The number of benzene rings is 1. The Labute approximate surface area is 178 Å². The van der Waals surface area contributed by atoms with Gasteiger partial charge in [0.15, 0.2) is 10.8 Å². The van der Waals surface area contributed by atoms with Crippen LogP contribution in [0.4, 0.5) is 0 Å². The SMILES string of the molecule is CCC(C)n1c(O)c(C=NC(Cc2c[nH]c3ccccc23)C(=O)OC)c(=O)[nH]c1=S. The molecule has 3 aromatic rings. The minimum Gasteiger partial charge on any atom is -0.494 e. The third-order valence-corrected chi connectivity index (χ3v) is 5.43. The Balaban J connectivity index is 1.99. The van der Waals surface area contributed by atoms with E-state index in [1.807, 2.05) is 44.3 Å². The number of H-pyrrole nitrogens is 2. The molecule has 9 heteroatoms. The maximum Gasteiger partial charge on any atom is 0.330 e. The van der Waals surface area contributed by atoms with E-state index in [0.717, 1.165) is 16.5 Å². The summed E-state index contributed by atoms with van der Waals surface area (Å²) in [5.74, 6) is -0.820. The first-order valence-corrected chi connectivity index (χ1v) is 10.0. The number of aromatic hydroxyl groups is 1. The van der Waals surface area contributed by atoms with Crippen molar-refractivity contribution in [3.8, 4) is 5.88 Å². The Morgan fingerprint density at radius 2 is 2.13 bits per heavy atom. The summed E-state index contributed by atoms with van der Waals surface area (Å²) in [5, 5.41) is 11.6. The number of aromatic nitrogens is 3. The molecule has 0 radical (unpaired) electrons. The molecule has 0 spiro atoms. The van der Waals surface area contributed by atoms with Gasteiger partial charge in [-0.1, -0.05) is 25.1 Å². The number of methoxy groups -OCH3 is 1. The molecule has 0 fully saturated rings. The van der Waals surface area contributed by atoms with Crippen molar-refractivity contribution in [1.29, 1.82) is 0 Å². The monoisotopic (exact) mass is 428 g/mol. The van der Waals surface area contributed by atoms with Crippen LogP contribution >= 0.6 is 12.2 Å². The highest BCUT2D eigenvalue weighted by Gasteiger charge is 2.21. The van der Waals surface area contributed by atoms with Gasteiger partial charge in [-0.05, 0) is 37.2 Å². The van der Waals surface area contributed by atoms with E-state index < -0.39 is 17.6 Å². The molecule has 0 saturated heterocycles. The number of para-hydroxylation sites is 1. The third-order valence-electron chi connectivity index (χ3n) is 5.13. The van der Waals surface area contributed by atoms with E-state index in [1.54, 1.807) is 0 Å². The van der Waals surface area contributed by atoms with Crippen LogP contribution in [-0.2, 0) is 16.0 Å². The van der Waals surface area contributed by atoms with Gasteiger partial charge in [0.25, 0.3) is 5.56 Å². The molecule has 0 bridgehead atoms. The van der Waals surface area contributed by atoms with Crippen molar-refractivity contribution in [2.45, 2.75) is 38.8 Å². The highest BCUT2D eigenvalue weighted by Crippen LogP contribution is 2.22. The first kappa shape index (κ1) is 21.5. The van der Waals surface area contributed by atoms with Gasteiger partial charge in [-0.15, -0.1) is 0 Å². The fourth-order valence-electron chi connectivity index (χ4n) is 3.27. The van der Waals surface area contributed by atoms with Gasteiger partial charge in [-0.25, -0.2) is 4.79 Å². The predicted molar refractivity (Wildman–Crippen MR) is 118 cm³/mol. The minimum atomic E-state index is -0.881. The predicted octanol–water partition coefficient (Wildman–Crippen LogP) is 3.27. The number of rotatable bonds is 7. The highest BCUT2D eigenvalue weighted by molar-refractivity contribution is 7.71. The van der Waals surface area contributed by atoms with E-state index >= 15 is 0 Å². The van der Waals surface area contributed by atoms with E-state index in [0.29, 0.717) is 6.42 Å². The van der Waals surface area contributed by atoms with Crippen LogP contribution in [0.25, 0.3) is 10.9 Å². The number of ether oxygens (including phenoxy) is 1. The van der Waals surface area contributed by atoms with Crippen molar-refractivity contribution in [2.24, 2.45) is 4.99 Å². The molecular weight excluding hydrogens is 404 g/mol. The number of carbonyl (C=O) groups is 1. The zero-order chi connectivity index (χ0) is 21.8. The fraction of sp³-hybridized carbons (Fsp3) is 0.333. The quantitative estimate of drug-likeness (QED) is 0.304. The van der Waals surface area contributed by atoms with Crippen LogP contribution in [0.3, 0.4) is 0 Å². The molecule has 2 atom stereocenters. The molecule has 2 aromatic heterocycles. The number of nitrogens with zero attached hydrogens (tertiary/aromatic N) is 2. The second-order valence-corrected chi connectivity index (χ2v) is 7.39. The normalized spacial score (nSPS) is 13.6. The van der Waals surface area contributed by atoms with Gasteiger partial charge in [-0.3, -0.25) is 19.3 Å². The van der Waals surface area contributed by atoms with E-state index in [2.05, 4.69) is 15.0 Å². The third kappa shape index (κ3) is 4.20. The van der Waals surface area contributed by atoms with E-state index in [1.165, 1.54) is 17.9 Å². The number of nitrogens with one attached hydrogen (secondary N) is 2. The van der Waals surface area contributed by atoms with Crippen molar-refractivity contribution in [1.82, 2.24) is 14.5 Å². The van der Waals surface area contributed by atoms with Gasteiger partial charge >= 0.3 is 5.97 Å². The van der Waals surface area contributed by atoms with Gasteiger partial charge < -0.3 is 14.8 Å². The average molecular weight is 429 g/mol. The molecule has 8 nitrogen and oxygen atoms in total. The Hall–Kier alpha value is -3.20. The van der Waals surface area contributed by atoms with Crippen molar-refractivity contribution in [2.75, 3.05) is 7.11 Å². The summed E-state index contributed by atoms with van der Waals surface area (Å²) in [6.45, 7) is 3.82. The van der Waals surface area contributed by atoms with Crippen molar-refractivity contribution < 1.29 is 14.6 Å². The molecule has 30 heavy (non-hydrogen) atoms. The van der Waals surface area contributed by atoms with Gasteiger partial charge in [0.05, 0.1) is 7.11 Å². The summed E-state index contributed by atoms with van der Waals surface area (Å²) in [6.07, 6.45) is 4.01. The van der Waals surface area contributed by atoms with Crippen LogP contribution in [0.1, 0.15) is 37.4 Å². The maximum absolute atomic E-state index is 12.4. The van der Waals surface area contributed by atoms with Crippen LogP contribution in [0.2, 0.25) is 0 Å². The summed E-state index contributed by atoms with van der Waals surface area (Å²) in [6, 6.07) is 6.72. The summed E-state index contributed by atoms with van der Waals surface area (Å²) in [5.41, 5.74) is 1.21. The lowest BCUT2D eigenvalue weighted by molar-refractivity contribution is -0.142. The Kier molecular flexibility index (Phi) is 6.51. The standard InChI is InChI=1S/C21H24N4O4S/c1-4-12(2)25-19(27)15(18(26)24-21(25)30)11-23-17(20(28)29-3)9-13-10-22-16-8-6-5-7-14(13)16/h5-8,10-12,17,22,27H,4,9H2,1-3H3,(H,24,26,30). The average Bonchev–Trinajstić information content (AvgIpc) is 3.14. The van der Waals surface area contributed by atoms with Crippen LogP contribution in [0.15, 0.2) is 40.2 Å². The number of hydrogen-bond acceptors (Lipinski definition) is 6. The van der Waals surface area contributed by atoms with Crippen LogP contribution < -0.4 is 5.56 Å². The molecule has 3 rings (SSSR count). The molecule has 0 amide bonds. The maximum atomic E-state index is 12.4. The lowest BCUT2D eigenvalue weighted by Gasteiger charge is -2.17. The number of esters is 1. The topological polar surface area (TPSA) is 112 Å². The molecule has 0 aliphatic rings. The second kappa shape index (κ2) is 9.08. The Morgan fingerprint density at radius 3 is 2.83 bits per heavy atom. The van der Waals surface area contributed by atoms with Crippen molar-refractivity contribution in [3.05, 3.63) is 56.7 Å². The van der Waals surface area contributed by atoms with Gasteiger partial charge in [-0.2, -0.15) is 0 Å². The fourth-order valence-corrected chi connectivity index (χ4v) is 3.63. The largest absolute Gasteiger partial charge is 0.494 e. The van der Waals surface area contributed by atoms with Gasteiger partial charge in [0.1, 0.15) is 5.56 Å². The van der Waals surface area contributed by atoms with E-state index in [9.17, 15) is 14.7 Å². The Bertz CT molecular complexity index is 1210. The van der Waals surface area contributed by atoms with Crippen molar-refractivity contribution in [3.63, 3.8) is 0 Å². The first-order valence-electron chi connectivity index (χ1n) is 9.61. The zero-order valence-electron chi connectivity index (χ0n) is 17.0. The smallest absolute Gasteiger partial charge is 0.330 e. The Morgan fingerprint density at radius 1 is 1.40 bits per heavy atom. The number of aliphatic imine (C=N–C) groups is 1. The first-order chi connectivity index (χ1) is 14.4. The zero-order valence-corrected chi connectivity index (χ0v) is 17.8. The molecule has 0 aliphatic heterocycles. The van der Waals surface area contributed by atoms with Crippen LogP contribution in [0, 0.1) is 4.77 Å². The lowest BCUT2D eigenvalue weighted by atomic mass is 10.1. The lowest BCUT2D eigenvalue weighted by Crippen LogP contribution is -2.25. The molecule has 3 N–H and O–H groups in total. The van der Waals surface area contributed by atoms with Crippen LogP contribution in [-0.4, -0.2) is 45.0 Å². The molecule has 158 valence electrons. The number of aromatic amines is 2. The highest BCUT2D eigenvalue weighted by atomic mass is 32.1. The summed E-state index contributed by atoms with van der Waals surface area (Å²) >= 11 is 5.17. The van der Waals surface area contributed by atoms with E-state index in [4.69, 9.17) is 17.0 Å². The molecule has 0 aliphatic carbocycles. The molecule has 0 saturated carbocycles. The molecule has 2 heterocycles. The number of fused-ring (bicyclic) bond motifs is 1. The summed E-state index contributed by atoms with van der Waals surface area (Å²) in [4.78, 5) is 34.7. The summed E-state index contributed by atoms with van der Waals surface area (Å²) in [7, 11) is 1.28. The molecule has 2 unspecified atom stereocenters. The van der Waals surface area contributed by atoms with Gasteiger partial charge in [0, 0.05) is 35.8 Å².